The molecule has 0 aliphatic heterocycles. The van der Waals surface area contributed by atoms with Crippen LogP contribution >= 0.6 is 0 Å². The molecule has 0 radical (unpaired) electrons. The van der Waals surface area contributed by atoms with Gasteiger partial charge in [0.25, 0.3) is 0 Å². The van der Waals surface area contributed by atoms with Crippen molar-refractivity contribution < 1.29 is 9.53 Å². The molecule has 0 bridgehead atoms. The number of benzene rings is 1. The van der Waals surface area contributed by atoms with Crippen LogP contribution in [0.2, 0.25) is 0 Å². The number of carbonyl (C=O) groups is 1. The summed E-state index contributed by atoms with van der Waals surface area (Å²) in [4.78, 5) is 13.9. The van der Waals surface area contributed by atoms with Crippen molar-refractivity contribution in [1.29, 1.82) is 0 Å². The normalized spacial score (nSPS) is 10.7. The number of likely N-dealkylation sites (N-methyl/N-ethyl adjacent to an activating group) is 1. The highest BCUT2D eigenvalue weighted by Gasteiger charge is 2.11. The van der Waals surface area contributed by atoms with Gasteiger partial charge < -0.3 is 9.64 Å². The number of para-hydroxylation sites is 1. The van der Waals surface area contributed by atoms with E-state index in [1.807, 2.05) is 32.3 Å². The summed E-state index contributed by atoms with van der Waals surface area (Å²) < 4.78 is 6.97. The monoisotopic (exact) mass is 259 g/mol. The summed E-state index contributed by atoms with van der Waals surface area (Å²) in [6.45, 7) is 1.61. The van der Waals surface area contributed by atoms with E-state index in [1.54, 1.807) is 23.0 Å². The topological polar surface area (TPSA) is 47.4 Å². The van der Waals surface area contributed by atoms with Crippen LogP contribution in [0, 0.1) is 0 Å². The van der Waals surface area contributed by atoms with Crippen molar-refractivity contribution in [1.82, 2.24) is 14.7 Å². The van der Waals surface area contributed by atoms with Crippen molar-refractivity contribution in [3.05, 3.63) is 48.3 Å². The predicted molar refractivity (Wildman–Crippen MR) is 72.2 cm³/mol. The summed E-state index contributed by atoms with van der Waals surface area (Å²) in [6.07, 6.45) is 3.23. The SMILES string of the molecule is CN(C)CCn1cc(C(=O)Oc2ccccc2)cn1. The number of hydrogen-bond acceptors (Lipinski definition) is 4. The van der Waals surface area contributed by atoms with E-state index in [-0.39, 0.29) is 5.97 Å². The van der Waals surface area contributed by atoms with Gasteiger partial charge in [-0.3, -0.25) is 4.68 Å². The maximum atomic E-state index is 11.9. The fraction of sp³-hybridized carbons (Fsp3) is 0.286. The van der Waals surface area contributed by atoms with E-state index in [0.29, 0.717) is 11.3 Å². The molecular formula is C14H17N3O2. The average Bonchev–Trinajstić information content (AvgIpc) is 2.86. The first-order chi connectivity index (χ1) is 9.15. The average molecular weight is 259 g/mol. The van der Waals surface area contributed by atoms with Crippen molar-refractivity contribution >= 4 is 5.97 Å². The second kappa shape index (κ2) is 6.15. The van der Waals surface area contributed by atoms with Crippen LogP contribution in [-0.2, 0) is 6.54 Å². The van der Waals surface area contributed by atoms with Crippen LogP contribution < -0.4 is 4.74 Å². The van der Waals surface area contributed by atoms with Gasteiger partial charge in [-0.2, -0.15) is 5.10 Å². The number of rotatable bonds is 5. The molecule has 1 aromatic heterocycles. The van der Waals surface area contributed by atoms with Gasteiger partial charge in [-0.05, 0) is 26.2 Å². The number of hydrogen-bond donors (Lipinski definition) is 0. The zero-order valence-electron chi connectivity index (χ0n) is 11.1. The van der Waals surface area contributed by atoms with Crippen LogP contribution in [0.3, 0.4) is 0 Å². The molecule has 0 aliphatic carbocycles. The van der Waals surface area contributed by atoms with Crippen LogP contribution in [0.15, 0.2) is 42.7 Å². The van der Waals surface area contributed by atoms with E-state index in [2.05, 4.69) is 10.00 Å². The first-order valence-corrected chi connectivity index (χ1v) is 6.09. The van der Waals surface area contributed by atoms with E-state index >= 15 is 0 Å². The first kappa shape index (κ1) is 13.3. The molecule has 0 fully saturated rings. The van der Waals surface area contributed by atoms with Gasteiger partial charge in [0, 0.05) is 12.7 Å². The van der Waals surface area contributed by atoms with Gasteiger partial charge in [-0.1, -0.05) is 18.2 Å². The minimum Gasteiger partial charge on any atom is -0.423 e. The molecule has 0 saturated heterocycles. The molecule has 2 rings (SSSR count). The summed E-state index contributed by atoms with van der Waals surface area (Å²) in [7, 11) is 3.99. The van der Waals surface area contributed by atoms with Gasteiger partial charge in [0.15, 0.2) is 0 Å². The van der Waals surface area contributed by atoms with Crippen LogP contribution in [0.25, 0.3) is 0 Å². The Kier molecular flexibility index (Phi) is 4.30. The highest BCUT2D eigenvalue weighted by atomic mass is 16.5. The maximum Gasteiger partial charge on any atom is 0.346 e. The molecule has 0 saturated carbocycles. The van der Waals surface area contributed by atoms with Gasteiger partial charge in [-0.25, -0.2) is 4.79 Å². The minimum atomic E-state index is -0.387. The number of ether oxygens (including phenoxy) is 1. The summed E-state index contributed by atoms with van der Waals surface area (Å²) >= 11 is 0. The van der Waals surface area contributed by atoms with Gasteiger partial charge in [0.05, 0.1) is 18.3 Å². The van der Waals surface area contributed by atoms with E-state index in [1.165, 1.54) is 6.20 Å². The van der Waals surface area contributed by atoms with Crippen LogP contribution in [0.5, 0.6) is 5.75 Å². The molecule has 1 heterocycles. The van der Waals surface area contributed by atoms with Crippen molar-refractivity contribution in [2.24, 2.45) is 0 Å². The molecule has 0 spiro atoms. The molecule has 5 nitrogen and oxygen atoms in total. The zero-order valence-corrected chi connectivity index (χ0v) is 11.1. The van der Waals surface area contributed by atoms with Crippen molar-refractivity contribution in [2.75, 3.05) is 20.6 Å². The van der Waals surface area contributed by atoms with Crippen molar-refractivity contribution in [3.8, 4) is 5.75 Å². The molecule has 1 aromatic carbocycles. The smallest absolute Gasteiger partial charge is 0.346 e. The third-order valence-electron chi connectivity index (χ3n) is 2.60. The summed E-state index contributed by atoms with van der Waals surface area (Å²) in [6, 6.07) is 9.01. The molecule has 19 heavy (non-hydrogen) atoms. The Morgan fingerprint density at radius 2 is 2.05 bits per heavy atom. The fourth-order valence-electron chi connectivity index (χ4n) is 1.55. The predicted octanol–water partition coefficient (Wildman–Crippen LogP) is 1.66. The number of nitrogens with zero attached hydrogens (tertiary/aromatic N) is 3. The molecule has 100 valence electrons. The molecule has 0 N–H and O–H groups in total. The summed E-state index contributed by atoms with van der Waals surface area (Å²) in [5, 5.41) is 4.14. The van der Waals surface area contributed by atoms with Gasteiger partial charge in [0.1, 0.15) is 5.75 Å². The Balaban J connectivity index is 1.96. The molecule has 0 aliphatic rings. The van der Waals surface area contributed by atoms with Crippen LogP contribution in [0.4, 0.5) is 0 Å². The van der Waals surface area contributed by atoms with E-state index in [0.717, 1.165) is 13.1 Å². The van der Waals surface area contributed by atoms with Crippen LogP contribution in [-0.4, -0.2) is 41.3 Å². The lowest BCUT2D eigenvalue weighted by Gasteiger charge is -2.08. The highest BCUT2D eigenvalue weighted by Crippen LogP contribution is 2.11. The maximum absolute atomic E-state index is 11.9. The second-order valence-corrected chi connectivity index (χ2v) is 4.50. The molecule has 5 heteroatoms. The molecule has 0 unspecified atom stereocenters. The molecule has 0 atom stereocenters. The second-order valence-electron chi connectivity index (χ2n) is 4.50. The highest BCUT2D eigenvalue weighted by molar-refractivity contribution is 5.90. The van der Waals surface area contributed by atoms with Gasteiger partial charge in [0.2, 0.25) is 0 Å². The Hall–Kier alpha value is -2.14. The summed E-state index contributed by atoms with van der Waals surface area (Å²) in [5.41, 5.74) is 0.461. The number of esters is 1. The third kappa shape index (κ3) is 3.93. The standard InChI is InChI=1S/C14H17N3O2/c1-16(2)8-9-17-11-12(10-15-17)14(18)19-13-6-4-3-5-7-13/h3-7,10-11H,8-9H2,1-2H3. The summed E-state index contributed by atoms with van der Waals surface area (Å²) in [5.74, 6) is 0.149. The van der Waals surface area contributed by atoms with Crippen molar-refractivity contribution in [2.45, 2.75) is 6.54 Å². The fourth-order valence-corrected chi connectivity index (χ4v) is 1.55. The first-order valence-electron chi connectivity index (χ1n) is 6.09. The molecule has 0 amide bonds. The lowest BCUT2D eigenvalue weighted by atomic mass is 10.3. The third-order valence-corrected chi connectivity index (χ3v) is 2.60. The lowest BCUT2D eigenvalue weighted by Crippen LogP contribution is -2.18. The zero-order chi connectivity index (χ0) is 13.7. The van der Waals surface area contributed by atoms with E-state index in [9.17, 15) is 4.79 Å². The number of carbonyl (C=O) groups excluding carboxylic acids is 1. The van der Waals surface area contributed by atoms with Gasteiger partial charge >= 0.3 is 5.97 Å². The molecule has 2 aromatic rings. The van der Waals surface area contributed by atoms with Crippen molar-refractivity contribution in [3.63, 3.8) is 0 Å². The molecular weight excluding hydrogens is 242 g/mol. The van der Waals surface area contributed by atoms with Crippen LogP contribution in [0.1, 0.15) is 10.4 Å². The lowest BCUT2D eigenvalue weighted by molar-refractivity contribution is 0.0734. The Morgan fingerprint density at radius 1 is 1.32 bits per heavy atom. The number of aromatic nitrogens is 2. The minimum absolute atomic E-state index is 0.387. The Bertz CT molecular complexity index is 535. The Morgan fingerprint density at radius 3 is 2.74 bits per heavy atom. The van der Waals surface area contributed by atoms with E-state index < -0.39 is 0 Å². The van der Waals surface area contributed by atoms with Gasteiger partial charge in [-0.15, -0.1) is 0 Å². The quantitative estimate of drug-likeness (QED) is 0.605. The Labute approximate surface area is 112 Å². The van der Waals surface area contributed by atoms with E-state index in [4.69, 9.17) is 4.74 Å². The largest absolute Gasteiger partial charge is 0.423 e.